The van der Waals surface area contributed by atoms with E-state index < -0.39 is 39.9 Å². The third-order valence-electron chi connectivity index (χ3n) is 1.47. The van der Waals surface area contributed by atoms with Crippen molar-refractivity contribution in [1.82, 2.24) is 0 Å². The van der Waals surface area contributed by atoms with Crippen molar-refractivity contribution in [3.8, 4) is 0 Å². The maximum absolute atomic E-state index is 12.0. The number of carbonyl (C=O) groups is 1. The van der Waals surface area contributed by atoms with Crippen molar-refractivity contribution >= 4 is 16.1 Å². The van der Waals surface area contributed by atoms with Gasteiger partial charge in [-0.25, -0.2) is 8.98 Å². The normalized spacial score (nSPS) is 15.4. The third kappa shape index (κ3) is 5.65. The van der Waals surface area contributed by atoms with Crippen LogP contribution in [0.5, 0.6) is 0 Å². The van der Waals surface area contributed by atoms with Gasteiger partial charge in [-0.1, -0.05) is 0 Å². The Hall–Kier alpha value is -0.870. The van der Waals surface area contributed by atoms with Gasteiger partial charge in [0.15, 0.2) is 6.10 Å². The first-order valence-electron chi connectivity index (χ1n) is 4.62. The monoisotopic (exact) mass is 294 g/mol. The Balaban J connectivity index is 4.82. The molecule has 0 amide bonds. The van der Waals surface area contributed by atoms with E-state index in [2.05, 4.69) is 4.18 Å². The summed E-state index contributed by atoms with van der Waals surface area (Å²) < 4.78 is 65.7. The summed E-state index contributed by atoms with van der Waals surface area (Å²) in [5.74, 6) is -1.87. The van der Waals surface area contributed by atoms with Gasteiger partial charge in [-0.15, -0.1) is 0 Å². The zero-order chi connectivity index (χ0) is 14.8. The molecule has 18 heavy (non-hydrogen) atoms. The summed E-state index contributed by atoms with van der Waals surface area (Å²) >= 11 is 0. The number of rotatable bonds is 5. The van der Waals surface area contributed by atoms with E-state index in [9.17, 15) is 26.4 Å². The first-order chi connectivity index (χ1) is 7.76. The van der Waals surface area contributed by atoms with E-state index in [1.807, 2.05) is 0 Å². The van der Waals surface area contributed by atoms with Crippen LogP contribution >= 0.6 is 0 Å². The van der Waals surface area contributed by atoms with Crippen molar-refractivity contribution < 1.29 is 40.4 Å². The predicted octanol–water partition coefficient (Wildman–Crippen LogP) is 1.12. The van der Waals surface area contributed by atoms with Crippen LogP contribution in [0.4, 0.5) is 13.2 Å². The summed E-state index contributed by atoms with van der Waals surface area (Å²) in [6, 6.07) is 0. The van der Waals surface area contributed by atoms with Crippen molar-refractivity contribution in [2.45, 2.75) is 38.0 Å². The second-order valence-electron chi connectivity index (χ2n) is 4.25. The number of hydrogen-bond acceptors (Lipinski definition) is 5. The number of carboxylic acids is 1. The molecule has 0 radical (unpaired) electrons. The summed E-state index contributed by atoms with van der Waals surface area (Å²) in [5, 5.41) is 8.56. The van der Waals surface area contributed by atoms with E-state index in [-0.39, 0.29) is 0 Å². The zero-order valence-corrected chi connectivity index (χ0v) is 10.6. The van der Waals surface area contributed by atoms with Gasteiger partial charge in [0.25, 0.3) is 0 Å². The molecule has 0 aliphatic heterocycles. The van der Waals surface area contributed by atoms with Gasteiger partial charge in [-0.2, -0.15) is 21.6 Å². The Morgan fingerprint density at radius 1 is 1.28 bits per heavy atom. The standard InChI is InChI=1S/C8H13F3O6S/c1-7(2,3)16-4-5(6(12)13)17-18(14,15)8(9,10)11/h5H,4H2,1-3H3,(H,12,13). The Kier molecular flexibility index (Phi) is 5.15. The molecule has 0 heterocycles. The molecule has 0 saturated carbocycles. The Bertz CT molecular complexity index is 394. The van der Waals surface area contributed by atoms with Crippen LogP contribution in [0.15, 0.2) is 0 Å². The SMILES string of the molecule is CC(C)(C)OCC(OS(=O)(=O)C(F)(F)F)C(=O)O. The van der Waals surface area contributed by atoms with E-state index in [4.69, 9.17) is 9.84 Å². The number of halogens is 3. The summed E-state index contributed by atoms with van der Waals surface area (Å²) in [4.78, 5) is 10.6. The molecule has 1 N–H and O–H groups in total. The molecule has 0 fully saturated rings. The molecule has 0 aliphatic rings. The fourth-order valence-electron chi connectivity index (χ4n) is 0.673. The molecule has 0 aromatic heterocycles. The van der Waals surface area contributed by atoms with Gasteiger partial charge in [0.1, 0.15) is 0 Å². The molecule has 0 aliphatic carbocycles. The Labute approximate surface area is 102 Å². The molecule has 0 bridgehead atoms. The van der Waals surface area contributed by atoms with Gasteiger partial charge in [0.2, 0.25) is 0 Å². The number of ether oxygens (including phenoxy) is 1. The topological polar surface area (TPSA) is 89.9 Å². The lowest BCUT2D eigenvalue weighted by atomic mass is 10.2. The molecule has 0 spiro atoms. The van der Waals surface area contributed by atoms with E-state index in [1.165, 1.54) is 20.8 Å². The predicted molar refractivity (Wildman–Crippen MR) is 53.2 cm³/mol. The molecular weight excluding hydrogens is 281 g/mol. The molecule has 0 rings (SSSR count). The van der Waals surface area contributed by atoms with Crippen molar-refractivity contribution in [3.63, 3.8) is 0 Å². The number of hydrogen-bond donors (Lipinski definition) is 1. The lowest BCUT2D eigenvalue weighted by Gasteiger charge is -2.22. The van der Waals surface area contributed by atoms with Gasteiger partial charge >= 0.3 is 21.6 Å². The van der Waals surface area contributed by atoms with Crippen molar-refractivity contribution in [2.75, 3.05) is 6.61 Å². The summed E-state index contributed by atoms with van der Waals surface area (Å²) in [6.07, 6.45) is -2.25. The molecule has 108 valence electrons. The van der Waals surface area contributed by atoms with Crippen molar-refractivity contribution in [2.24, 2.45) is 0 Å². The van der Waals surface area contributed by atoms with Gasteiger partial charge in [0, 0.05) is 0 Å². The van der Waals surface area contributed by atoms with E-state index in [0.29, 0.717) is 0 Å². The molecule has 1 atom stereocenters. The summed E-state index contributed by atoms with van der Waals surface area (Å²) in [6.45, 7) is 3.73. The van der Waals surface area contributed by atoms with Crippen LogP contribution in [-0.4, -0.2) is 43.3 Å². The molecule has 0 saturated heterocycles. The number of aliphatic carboxylic acids is 1. The molecular formula is C8H13F3O6S. The van der Waals surface area contributed by atoms with E-state index in [1.54, 1.807) is 0 Å². The highest BCUT2D eigenvalue weighted by Gasteiger charge is 2.49. The average molecular weight is 294 g/mol. The van der Waals surface area contributed by atoms with Crippen LogP contribution in [0.25, 0.3) is 0 Å². The molecule has 1 unspecified atom stereocenters. The van der Waals surface area contributed by atoms with E-state index in [0.717, 1.165) is 0 Å². The Morgan fingerprint density at radius 3 is 2.00 bits per heavy atom. The van der Waals surface area contributed by atoms with Crippen molar-refractivity contribution in [1.29, 1.82) is 0 Å². The van der Waals surface area contributed by atoms with Crippen LogP contribution in [0, 0.1) is 0 Å². The smallest absolute Gasteiger partial charge is 0.479 e. The van der Waals surface area contributed by atoms with Gasteiger partial charge < -0.3 is 9.84 Å². The van der Waals surface area contributed by atoms with Crippen LogP contribution in [0.1, 0.15) is 20.8 Å². The number of carboxylic acid groups (broad SMARTS) is 1. The number of alkyl halides is 3. The van der Waals surface area contributed by atoms with E-state index >= 15 is 0 Å². The maximum atomic E-state index is 12.0. The maximum Gasteiger partial charge on any atom is 0.523 e. The minimum atomic E-state index is -5.97. The third-order valence-corrected chi connectivity index (χ3v) is 2.52. The van der Waals surface area contributed by atoms with Crippen molar-refractivity contribution in [3.05, 3.63) is 0 Å². The average Bonchev–Trinajstić information content (AvgIpc) is 2.08. The quantitative estimate of drug-likeness (QED) is 0.603. The van der Waals surface area contributed by atoms with Gasteiger partial charge in [-0.05, 0) is 20.8 Å². The van der Waals surface area contributed by atoms with Gasteiger partial charge in [0.05, 0.1) is 12.2 Å². The highest BCUT2D eigenvalue weighted by Crippen LogP contribution is 2.26. The highest BCUT2D eigenvalue weighted by molar-refractivity contribution is 7.87. The zero-order valence-electron chi connectivity index (χ0n) is 9.82. The van der Waals surface area contributed by atoms with Crippen LogP contribution < -0.4 is 0 Å². The first-order valence-corrected chi connectivity index (χ1v) is 6.03. The largest absolute Gasteiger partial charge is 0.523 e. The fourth-order valence-corrected chi connectivity index (χ4v) is 1.23. The lowest BCUT2D eigenvalue weighted by molar-refractivity contribution is -0.151. The second-order valence-corrected chi connectivity index (χ2v) is 5.81. The lowest BCUT2D eigenvalue weighted by Crippen LogP contribution is -2.38. The highest BCUT2D eigenvalue weighted by atomic mass is 32.2. The molecule has 10 heteroatoms. The summed E-state index contributed by atoms with van der Waals surface area (Å²) in [5.41, 5.74) is -6.53. The molecule has 0 aromatic rings. The van der Waals surface area contributed by atoms with Crippen LogP contribution in [-0.2, 0) is 23.8 Å². The molecule has 6 nitrogen and oxygen atoms in total. The molecule has 0 aromatic carbocycles. The van der Waals surface area contributed by atoms with Crippen LogP contribution in [0.2, 0.25) is 0 Å². The first kappa shape index (κ1) is 17.1. The summed E-state index contributed by atoms with van der Waals surface area (Å²) in [7, 11) is -5.97. The fraction of sp³-hybridized carbons (Fsp3) is 0.875. The Morgan fingerprint density at radius 2 is 1.72 bits per heavy atom. The minimum Gasteiger partial charge on any atom is -0.479 e. The van der Waals surface area contributed by atoms with Gasteiger partial charge in [-0.3, -0.25) is 0 Å². The minimum absolute atomic E-state index is 0.825. The van der Waals surface area contributed by atoms with Crippen LogP contribution in [0.3, 0.4) is 0 Å². The second kappa shape index (κ2) is 5.41.